The van der Waals surface area contributed by atoms with Gasteiger partial charge in [0.25, 0.3) is 0 Å². The molecule has 0 amide bonds. The summed E-state index contributed by atoms with van der Waals surface area (Å²) in [4.78, 5) is 7.23. The van der Waals surface area contributed by atoms with Gasteiger partial charge >= 0.3 is 0 Å². The Kier molecular flexibility index (Phi) is 3.61. The molecule has 2 nitrogen and oxygen atoms in total. The van der Waals surface area contributed by atoms with Crippen LogP contribution < -0.4 is 4.90 Å². The Labute approximate surface area is 185 Å². The molecule has 31 heavy (non-hydrogen) atoms. The number of aromatic nitrogens is 1. The van der Waals surface area contributed by atoms with E-state index in [0.29, 0.717) is 5.56 Å². The highest BCUT2D eigenvalue weighted by molar-refractivity contribution is 6.17. The molecule has 1 aliphatic rings. The number of para-hydroxylation sites is 1. The zero-order valence-electron chi connectivity index (χ0n) is 19.6. The lowest BCUT2D eigenvalue weighted by Gasteiger charge is -2.34. The molecule has 2 heterocycles. The monoisotopic (exact) mass is 402 g/mol. The van der Waals surface area contributed by atoms with Crippen LogP contribution in [0, 0.1) is 5.92 Å². The molecule has 0 N–H and O–H groups in total. The first-order valence-corrected chi connectivity index (χ1v) is 10.8. The summed E-state index contributed by atoms with van der Waals surface area (Å²) >= 11 is 0. The minimum Gasteiger partial charge on any atom is -0.307 e. The lowest BCUT2D eigenvalue weighted by atomic mass is 9.91. The van der Waals surface area contributed by atoms with E-state index >= 15 is 0 Å². The number of nitrogens with zero attached hydrogens (tertiary/aromatic N) is 2. The molecule has 0 spiro atoms. The van der Waals surface area contributed by atoms with Crippen molar-refractivity contribution < 1.29 is 2.74 Å². The average molecular weight is 403 g/mol. The molecule has 0 radical (unpaired) electrons. The highest BCUT2D eigenvalue weighted by Crippen LogP contribution is 2.52. The van der Waals surface area contributed by atoms with Crippen LogP contribution >= 0.6 is 0 Å². The van der Waals surface area contributed by atoms with Gasteiger partial charge in [-0.25, -0.2) is 0 Å². The van der Waals surface area contributed by atoms with E-state index in [1.54, 1.807) is 0 Å². The SMILES string of the molecule is [2H]C([2H])(c1ccc2cnc3c(c2c1)N(c1ccccc1)c1cccc2cccc-3c12)C(C)C. The van der Waals surface area contributed by atoms with Gasteiger partial charge in [-0.05, 0) is 47.5 Å². The molecule has 2 heteroatoms. The average Bonchev–Trinajstić information content (AvgIpc) is 2.84. The molecule has 150 valence electrons. The predicted molar refractivity (Wildman–Crippen MR) is 131 cm³/mol. The maximum absolute atomic E-state index is 8.70. The van der Waals surface area contributed by atoms with Crippen molar-refractivity contribution in [2.24, 2.45) is 5.92 Å². The predicted octanol–water partition coefficient (Wildman–Crippen LogP) is 8.04. The fourth-order valence-electron chi connectivity index (χ4n) is 4.71. The summed E-state index contributed by atoms with van der Waals surface area (Å²) in [5, 5.41) is 4.39. The Bertz CT molecular complexity index is 1520. The van der Waals surface area contributed by atoms with E-state index in [2.05, 4.69) is 65.6 Å². The Hall–Kier alpha value is -3.65. The highest BCUT2D eigenvalue weighted by Gasteiger charge is 2.28. The zero-order chi connectivity index (χ0) is 22.7. The van der Waals surface area contributed by atoms with Crippen LogP contribution in [0.5, 0.6) is 0 Å². The Morgan fingerprint density at radius 3 is 2.48 bits per heavy atom. The van der Waals surface area contributed by atoms with E-state index in [-0.39, 0.29) is 5.92 Å². The smallest absolute Gasteiger partial charge is 0.0956 e. The summed E-state index contributed by atoms with van der Waals surface area (Å²) < 4.78 is 17.4. The van der Waals surface area contributed by atoms with Gasteiger partial charge in [-0.15, -0.1) is 0 Å². The van der Waals surface area contributed by atoms with Gasteiger partial charge in [-0.2, -0.15) is 0 Å². The number of rotatable bonds is 3. The minimum atomic E-state index is -1.42. The van der Waals surface area contributed by atoms with Crippen molar-refractivity contribution in [2.45, 2.75) is 20.2 Å². The lowest BCUT2D eigenvalue weighted by Crippen LogP contribution is -2.16. The molecule has 1 aliphatic heterocycles. The molecule has 0 bridgehead atoms. The molecule has 5 aromatic rings. The van der Waals surface area contributed by atoms with Crippen LogP contribution in [0.2, 0.25) is 0 Å². The first-order chi connectivity index (χ1) is 16.0. The van der Waals surface area contributed by atoms with Crippen molar-refractivity contribution in [3.63, 3.8) is 0 Å². The topological polar surface area (TPSA) is 16.1 Å². The van der Waals surface area contributed by atoms with Gasteiger partial charge in [0.1, 0.15) is 0 Å². The van der Waals surface area contributed by atoms with Crippen LogP contribution in [-0.2, 0) is 6.37 Å². The van der Waals surface area contributed by atoms with Crippen molar-refractivity contribution in [3.8, 4) is 11.3 Å². The quantitative estimate of drug-likeness (QED) is 0.298. The maximum Gasteiger partial charge on any atom is 0.0956 e. The highest BCUT2D eigenvalue weighted by atomic mass is 15.2. The zero-order valence-corrected chi connectivity index (χ0v) is 17.6. The molecule has 0 atom stereocenters. The van der Waals surface area contributed by atoms with Gasteiger partial charge in [0.15, 0.2) is 0 Å². The third-order valence-corrected chi connectivity index (χ3v) is 5.94. The molecular weight excluding hydrogens is 376 g/mol. The van der Waals surface area contributed by atoms with E-state index in [1.807, 2.05) is 44.3 Å². The van der Waals surface area contributed by atoms with Crippen LogP contribution in [-0.4, -0.2) is 4.98 Å². The third-order valence-electron chi connectivity index (χ3n) is 5.94. The Balaban J connectivity index is 1.76. The second-order valence-corrected chi connectivity index (χ2v) is 8.41. The van der Waals surface area contributed by atoms with Crippen molar-refractivity contribution in [3.05, 3.63) is 96.7 Å². The van der Waals surface area contributed by atoms with Crippen molar-refractivity contribution in [1.82, 2.24) is 4.98 Å². The van der Waals surface area contributed by atoms with Gasteiger partial charge < -0.3 is 4.90 Å². The van der Waals surface area contributed by atoms with Crippen LogP contribution in [0.4, 0.5) is 17.1 Å². The minimum absolute atomic E-state index is 0.132. The molecular formula is C29H24N2. The normalized spacial score (nSPS) is 14.0. The fraction of sp³-hybridized carbons (Fsp3) is 0.138. The van der Waals surface area contributed by atoms with Crippen LogP contribution in [0.1, 0.15) is 22.2 Å². The van der Waals surface area contributed by atoms with Gasteiger partial charge in [-0.3, -0.25) is 4.98 Å². The second-order valence-electron chi connectivity index (χ2n) is 8.41. The largest absolute Gasteiger partial charge is 0.307 e. The van der Waals surface area contributed by atoms with Crippen molar-refractivity contribution in [2.75, 3.05) is 4.90 Å². The Morgan fingerprint density at radius 2 is 1.68 bits per heavy atom. The standard InChI is InChI=1S/C29H24N2/c1-19(2)16-20-14-15-22-18-30-28-24-12-6-8-21-9-7-13-26(27(21)24)31(29(28)25(22)17-20)23-10-4-3-5-11-23/h3-15,17-19H,16H2,1-2H3/i16D2. The number of hydrogen-bond donors (Lipinski definition) is 0. The van der Waals surface area contributed by atoms with E-state index < -0.39 is 6.37 Å². The summed E-state index contributed by atoms with van der Waals surface area (Å²) in [5.41, 5.74) is 5.93. The number of hydrogen-bond acceptors (Lipinski definition) is 2. The molecule has 0 unspecified atom stereocenters. The summed E-state index contributed by atoms with van der Waals surface area (Å²) in [6.07, 6.45) is 0.493. The summed E-state index contributed by atoms with van der Waals surface area (Å²) in [5.74, 6) is -0.132. The van der Waals surface area contributed by atoms with Crippen LogP contribution in [0.3, 0.4) is 0 Å². The molecule has 1 aromatic heterocycles. The van der Waals surface area contributed by atoms with Gasteiger partial charge in [0.05, 0.1) is 17.1 Å². The molecule has 6 rings (SSSR count). The van der Waals surface area contributed by atoms with Crippen LogP contribution in [0.25, 0.3) is 32.8 Å². The van der Waals surface area contributed by atoms with Gasteiger partial charge in [-0.1, -0.05) is 74.5 Å². The molecule has 0 saturated carbocycles. The molecule has 4 aromatic carbocycles. The van der Waals surface area contributed by atoms with Crippen molar-refractivity contribution in [1.29, 1.82) is 0 Å². The molecule has 0 aliphatic carbocycles. The second kappa shape index (κ2) is 6.95. The van der Waals surface area contributed by atoms with E-state index in [9.17, 15) is 0 Å². The summed E-state index contributed by atoms with van der Waals surface area (Å²) in [6.45, 7) is 3.86. The number of anilines is 3. The molecule has 0 saturated heterocycles. The number of benzene rings is 4. The summed E-state index contributed by atoms with van der Waals surface area (Å²) in [7, 11) is 0. The lowest BCUT2D eigenvalue weighted by molar-refractivity contribution is 0.648. The van der Waals surface area contributed by atoms with Crippen LogP contribution in [0.15, 0.2) is 91.1 Å². The first-order valence-electron chi connectivity index (χ1n) is 11.8. The first kappa shape index (κ1) is 16.1. The summed E-state index contributed by atoms with van der Waals surface area (Å²) in [6, 6.07) is 29.1. The van der Waals surface area contributed by atoms with E-state index in [4.69, 9.17) is 7.73 Å². The third kappa shape index (κ3) is 2.83. The maximum atomic E-state index is 8.70. The van der Waals surface area contributed by atoms with E-state index in [1.165, 1.54) is 10.8 Å². The number of pyridine rings is 1. The van der Waals surface area contributed by atoms with Crippen molar-refractivity contribution >= 4 is 38.6 Å². The molecule has 0 fully saturated rings. The van der Waals surface area contributed by atoms with E-state index in [0.717, 1.165) is 39.1 Å². The fourth-order valence-corrected chi connectivity index (χ4v) is 4.71. The van der Waals surface area contributed by atoms with Gasteiger partial charge in [0.2, 0.25) is 0 Å². The van der Waals surface area contributed by atoms with Gasteiger partial charge in [0, 0.05) is 36.3 Å². The Morgan fingerprint density at radius 1 is 0.871 bits per heavy atom. The number of fused-ring (bicyclic) bond motifs is 4.